The second-order valence-corrected chi connectivity index (χ2v) is 5.44. The summed E-state index contributed by atoms with van der Waals surface area (Å²) in [5.74, 6) is -0.271. The number of aliphatic hydroxyl groups is 2. The van der Waals surface area contributed by atoms with E-state index in [9.17, 15) is 4.79 Å². The predicted octanol–water partition coefficient (Wildman–Crippen LogP) is 1.54. The molecule has 0 aliphatic rings. The predicted molar refractivity (Wildman–Crippen MR) is 92.0 cm³/mol. The molecule has 0 spiro atoms. The second kappa shape index (κ2) is 18.6. The number of hydrogen-bond acceptors (Lipinski definition) is 7. The average molecular weight is 352 g/mol. The lowest BCUT2D eigenvalue weighted by Crippen LogP contribution is -2.35. The minimum absolute atomic E-state index is 0.0278. The van der Waals surface area contributed by atoms with Gasteiger partial charge in [0.25, 0.3) is 0 Å². The third-order valence-corrected chi connectivity index (χ3v) is 2.96. The Morgan fingerprint density at radius 2 is 1.62 bits per heavy atom. The maximum Gasteiger partial charge on any atom is 0.302 e. The zero-order valence-corrected chi connectivity index (χ0v) is 15.7. The molecule has 146 valence electrons. The Bertz CT molecular complexity index is 270. The number of unbranched alkanes of at least 4 members (excludes halogenated alkanes) is 1. The molecule has 0 aliphatic carbocycles. The van der Waals surface area contributed by atoms with Crippen LogP contribution in [0.1, 0.15) is 47.0 Å². The monoisotopic (exact) mass is 352 g/mol. The van der Waals surface area contributed by atoms with Crippen LogP contribution in [-0.2, 0) is 23.7 Å². The summed E-state index contributed by atoms with van der Waals surface area (Å²) in [5.41, 5.74) is -0.221. The molecule has 0 aromatic heterocycles. The number of rotatable bonds is 14. The zero-order valence-electron chi connectivity index (χ0n) is 15.7. The highest BCUT2D eigenvalue weighted by Gasteiger charge is 2.24. The zero-order chi connectivity index (χ0) is 18.7. The Kier molecular flexibility index (Phi) is 19.8. The number of hydrogen-bond donors (Lipinski definition) is 2. The topological polar surface area (TPSA) is 94.5 Å². The van der Waals surface area contributed by atoms with Gasteiger partial charge in [-0.25, -0.2) is 0 Å². The first-order chi connectivity index (χ1) is 11.5. The van der Waals surface area contributed by atoms with Gasteiger partial charge in [0.1, 0.15) is 6.61 Å². The van der Waals surface area contributed by atoms with Gasteiger partial charge in [-0.3, -0.25) is 4.79 Å². The van der Waals surface area contributed by atoms with Gasteiger partial charge in [-0.05, 0) is 20.3 Å². The number of aliphatic hydroxyl groups excluding tert-OH is 2. The molecule has 0 saturated heterocycles. The molecule has 0 heterocycles. The van der Waals surface area contributed by atoms with E-state index >= 15 is 0 Å². The van der Waals surface area contributed by atoms with E-state index in [4.69, 9.17) is 24.4 Å². The second-order valence-electron chi connectivity index (χ2n) is 5.44. The number of carbonyl (C=O) groups is 1. The SMILES string of the molecule is CCCCC(C)(COCCOC(C)=O)OCC.OCCOCCO. The van der Waals surface area contributed by atoms with Crippen molar-refractivity contribution in [1.29, 1.82) is 0 Å². The van der Waals surface area contributed by atoms with Crippen LogP contribution >= 0.6 is 0 Å². The highest BCUT2D eigenvalue weighted by Crippen LogP contribution is 2.19. The largest absolute Gasteiger partial charge is 0.463 e. The van der Waals surface area contributed by atoms with Crippen LogP contribution in [0.15, 0.2) is 0 Å². The molecule has 0 amide bonds. The molecule has 1 unspecified atom stereocenters. The first kappa shape index (κ1) is 25.5. The van der Waals surface area contributed by atoms with Gasteiger partial charge in [-0.1, -0.05) is 19.8 Å². The molecule has 2 N–H and O–H groups in total. The fourth-order valence-electron chi connectivity index (χ4n) is 1.85. The third-order valence-electron chi connectivity index (χ3n) is 2.96. The van der Waals surface area contributed by atoms with Crippen molar-refractivity contribution in [2.24, 2.45) is 0 Å². The Morgan fingerprint density at radius 1 is 1.00 bits per heavy atom. The molecule has 24 heavy (non-hydrogen) atoms. The van der Waals surface area contributed by atoms with Crippen molar-refractivity contribution in [3.8, 4) is 0 Å². The smallest absolute Gasteiger partial charge is 0.302 e. The molecule has 7 heteroatoms. The summed E-state index contributed by atoms with van der Waals surface area (Å²) in [4.78, 5) is 10.5. The van der Waals surface area contributed by atoms with Gasteiger partial charge in [0.2, 0.25) is 0 Å². The molecule has 0 aromatic rings. The Balaban J connectivity index is 0. The summed E-state index contributed by atoms with van der Waals surface area (Å²) in [6, 6.07) is 0. The molecule has 0 saturated carbocycles. The van der Waals surface area contributed by atoms with E-state index in [1.807, 2.05) is 6.92 Å². The lowest BCUT2D eigenvalue weighted by Gasteiger charge is -2.29. The van der Waals surface area contributed by atoms with Crippen LogP contribution in [0.5, 0.6) is 0 Å². The van der Waals surface area contributed by atoms with E-state index in [2.05, 4.69) is 18.6 Å². The summed E-state index contributed by atoms with van der Waals surface area (Å²) in [6.45, 7) is 10.3. The number of ether oxygens (including phenoxy) is 4. The maximum atomic E-state index is 10.5. The van der Waals surface area contributed by atoms with Gasteiger partial charge < -0.3 is 29.2 Å². The summed E-state index contributed by atoms with van der Waals surface area (Å²) < 4.78 is 20.6. The van der Waals surface area contributed by atoms with Crippen molar-refractivity contribution in [1.82, 2.24) is 0 Å². The van der Waals surface area contributed by atoms with Crippen molar-refractivity contribution in [2.45, 2.75) is 52.6 Å². The highest BCUT2D eigenvalue weighted by atomic mass is 16.6. The summed E-state index contributed by atoms with van der Waals surface area (Å²) in [6.07, 6.45) is 3.27. The van der Waals surface area contributed by atoms with E-state index in [1.54, 1.807) is 0 Å². The fraction of sp³-hybridized carbons (Fsp3) is 0.941. The van der Waals surface area contributed by atoms with Crippen molar-refractivity contribution in [3.05, 3.63) is 0 Å². The van der Waals surface area contributed by atoms with Gasteiger partial charge in [0.05, 0.1) is 45.2 Å². The minimum atomic E-state index is -0.271. The molecule has 0 aliphatic heterocycles. The Morgan fingerprint density at radius 3 is 2.08 bits per heavy atom. The van der Waals surface area contributed by atoms with Crippen LogP contribution in [-0.4, -0.2) is 74.6 Å². The van der Waals surface area contributed by atoms with Gasteiger partial charge in [-0.15, -0.1) is 0 Å². The van der Waals surface area contributed by atoms with Gasteiger partial charge in [0, 0.05) is 13.5 Å². The lowest BCUT2D eigenvalue weighted by molar-refractivity contribution is -0.144. The summed E-state index contributed by atoms with van der Waals surface area (Å²) in [7, 11) is 0. The summed E-state index contributed by atoms with van der Waals surface area (Å²) >= 11 is 0. The van der Waals surface area contributed by atoms with E-state index < -0.39 is 0 Å². The molecule has 0 aromatic carbocycles. The molecule has 0 radical (unpaired) electrons. The van der Waals surface area contributed by atoms with Gasteiger partial charge >= 0.3 is 5.97 Å². The van der Waals surface area contributed by atoms with Gasteiger partial charge in [-0.2, -0.15) is 0 Å². The maximum absolute atomic E-state index is 10.5. The van der Waals surface area contributed by atoms with E-state index in [0.29, 0.717) is 39.6 Å². The molecule has 0 rings (SSSR count). The molecule has 1 atom stereocenters. The standard InChI is InChI=1S/C13H26O4.C4H10O3/c1-5-7-8-13(4,17-6-2)11-15-9-10-16-12(3)14;5-1-3-7-4-2-6/h5-11H2,1-4H3;5-6H,1-4H2. The van der Waals surface area contributed by atoms with Crippen LogP contribution in [0.3, 0.4) is 0 Å². The van der Waals surface area contributed by atoms with E-state index in [0.717, 1.165) is 19.3 Å². The molecule has 0 fully saturated rings. The van der Waals surface area contributed by atoms with Crippen LogP contribution in [0, 0.1) is 0 Å². The molecule has 0 bridgehead atoms. The van der Waals surface area contributed by atoms with E-state index in [-0.39, 0.29) is 24.8 Å². The minimum Gasteiger partial charge on any atom is -0.463 e. The van der Waals surface area contributed by atoms with Crippen LogP contribution in [0.25, 0.3) is 0 Å². The first-order valence-corrected chi connectivity index (χ1v) is 8.60. The Hall–Kier alpha value is -0.730. The molecule has 7 nitrogen and oxygen atoms in total. The lowest BCUT2D eigenvalue weighted by atomic mass is 10.00. The van der Waals surface area contributed by atoms with Gasteiger partial charge in [0.15, 0.2) is 0 Å². The van der Waals surface area contributed by atoms with Crippen LogP contribution < -0.4 is 0 Å². The Labute approximate surface area is 146 Å². The number of esters is 1. The van der Waals surface area contributed by atoms with Crippen molar-refractivity contribution >= 4 is 5.97 Å². The van der Waals surface area contributed by atoms with Crippen molar-refractivity contribution < 1.29 is 34.0 Å². The fourth-order valence-corrected chi connectivity index (χ4v) is 1.85. The van der Waals surface area contributed by atoms with Crippen molar-refractivity contribution in [3.63, 3.8) is 0 Å². The highest BCUT2D eigenvalue weighted by molar-refractivity contribution is 5.65. The molecular formula is C17H36O7. The van der Waals surface area contributed by atoms with Crippen LogP contribution in [0.4, 0.5) is 0 Å². The quantitative estimate of drug-likeness (QED) is 0.362. The molecular weight excluding hydrogens is 316 g/mol. The summed E-state index contributed by atoms with van der Waals surface area (Å²) in [5, 5.41) is 16.2. The third kappa shape index (κ3) is 19.3. The van der Waals surface area contributed by atoms with Crippen molar-refractivity contribution in [2.75, 3.05) is 52.9 Å². The average Bonchev–Trinajstić information content (AvgIpc) is 2.54. The van der Waals surface area contributed by atoms with E-state index in [1.165, 1.54) is 6.92 Å². The van der Waals surface area contributed by atoms with Crippen LogP contribution in [0.2, 0.25) is 0 Å². The number of carbonyl (C=O) groups excluding carboxylic acids is 1. The first-order valence-electron chi connectivity index (χ1n) is 8.60. The normalized spacial score (nSPS) is 12.9.